The van der Waals surface area contributed by atoms with Crippen molar-refractivity contribution in [3.8, 4) is 6.07 Å². The molecule has 1 unspecified atom stereocenters. The van der Waals surface area contributed by atoms with Crippen LogP contribution in [-0.2, 0) is 15.0 Å². The molecule has 1 amide bonds. The summed E-state index contributed by atoms with van der Waals surface area (Å²) in [4.78, 5) is 13.2. The molecule has 0 spiro atoms. The lowest BCUT2D eigenvalue weighted by molar-refractivity contribution is -0.117. The van der Waals surface area contributed by atoms with Crippen LogP contribution in [0.1, 0.15) is 12.0 Å². The molecule has 1 atom stereocenters. The van der Waals surface area contributed by atoms with Gasteiger partial charge in [0, 0.05) is 18.9 Å². The zero-order chi connectivity index (χ0) is 15.8. The van der Waals surface area contributed by atoms with Crippen molar-refractivity contribution in [2.75, 3.05) is 17.2 Å². The lowest BCUT2D eigenvalue weighted by atomic mass is 10.1. The van der Waals surface area contributed by atoms with Gasteiger partial charge in [0.05, 0.1) is 33.1 Å². The van der Waals surface area contributed by atoms with Crippen molar-refractivity contribution in [2.45, 2.75) is 6.42 Å². The number of hydrogen-bond acceptors (Lipinski definition) is 4. The Hall–Kier alpha value is -1.36. The fourth-order valence-electron chi connectivity index (χ4n) is 2.28. The largest absolute Gasteiger partial charge is 0.309 e. The van der Waals surface area contributed by atoms with Gasteiger partial charge in [-0.1, -0.05) is 23.2 Å². The molecule has 0 aromatic heterocycles. The maximum atomic E-state index is 12.7. The molecule has 112 valence electrons. The van der Waals surface area contributed by atoms with E-state index in [2.05, 4.69) is 0 Å². The van der Waals surface area contributed by atoms with Crippen molar-refractivity contribution in [2.24, 2.45) is 5.92 Å². The molecule has 1 fully saturated rings. The lowest BCUT2D eigenvalue weighted by Gasteiger charge is -2.19. The molecule has 1 saturated heterocycles. The van der Waals surface area contributed by atoms with Crippen LogP contribution in [0.5, 0.6) is 0 Å². The first-order valence-electron chi connectivity index (χ1n) is 5.83. The third-order valence-electron chi connectivity index (χ3n) is 3.06. The van der Waals surface area contributed by atoms with E-state index < -0.39 is 27.8 Å². The summed E-state index contributed by atoms with van der Waals surface area (Å²) in [6, 6.07) is 4.59. The summed E-state index contributed by atoms with van der Waals surface area (Å²) in [5.74, 6) is -1.77. The molecule has 0 radical (unpaired) electrons. The summed E-state index contributed by atoms with van der Waals surface area (Å²) in [7, 11) is -4.66. The molecule has 2 rings (SSSR count). The van der Waals surface area contributed by atoms with Crippen LogP contribution < -0.4 is 4.90 Å². The Morgan fingerprint density at radius 2 is 1.95 bits per heavy atom. The van der Waals surface area contributed by atoms with E-state index in [1.165, 1.54) is 17.0 Å². The molecule has 1 aromatic carbocycles. The van der Waals surface area contributed by atoms with E-state index in [1.807, 2.05) is 6.07 Å². The van der Waals surface area contributed by atoms with Gasteiger partial charge in [0.15, 0.2) is 0 Å². The molecule has 5 nitrogen and oxygen atoms in total. The summed E-state index contributed by atoms with van der Waals surface area (Å²) < 4.78 is 34.0. The first kappa shape index (κ1) is 16.0. The van der Waals surface area contributed by atoms with Gasteiger partial charge in [-0.3, -0.25) is 4.79 Å². The summed E-state index contributed by atoms with van der Waals surface area (Å²) >= 11 is 12.0. The van der Waals surface area contributed by atoms with Gasteiger partial charge in [0.1, 0.15) is 0 Å². The van der Waals surface area contributed by atoms with Crippen LogP contribution in [0.2, 0.25) is 10.0 Å². The molecule has 21 heavy (non-hydrogen) atoms. The minimum Gasteiger partial charge on any atom is -0.309 e. The molecule has 0 N–H and O–H groups in total. The van der Waals surface area contributed by atoms with Gasteiger partial charge in [0.25, 0.3) is 0 Å². The third-order valence-corrected chi connectivity index (χ3v) is 4.50. The number of amides is 1. The van der Waals surface area contributed by atoms with Gasteiger partial charge in [-0.25, -0.2) is 0 Å². The Bertz CT molecular complexity index is 722. The SMILES string of the molecule is N#Cc1cc(Cl)c(N2CC(CS(=O)(=O)F)CC2=O)c(Cl)c1. The monoisotopic (exact) mass is 350 g/mol. The van der Waals surface area contributed by atoms with Crippen molar-refractivity contribution in [3.05, 3.63) is 27.7 Å². The maximum Gasteiger partial charge on any atom is 0.302 e. The highest BCUT2D eigenvalue weighted by molar-refractivity contribution is 7.86. The number of rotatable bonds is 3. The van der Waals surface area contributed by atoms with Crippen molar-refractivity contribution < 1.29 is 17.1 Å². The highest BCUT2D eigenvalue weighted by atomic mass is 35.5. The van der Waals surface area contributed by atoms with Crippen LogP contribution in [0.3, 0.4) is 0 Å². The van der Waals surface area contributed by atoms with Crippen LogP contribution in [-0.4, -0.2) is 26.6 Å². The minimum absolute atomic E-state index is 0.00727. The number of halogens is 3. The molecular weight excluding hydrogens is 342 g/mol. The molecule has 1 aliphatic heterocycles. The molecule has 0 saturated carbocycles. The van der Waals surface area contributed by atoms with Crippen LogP contribution in [0, 0.1) is 17.2 Å². The smallest absolute Gasteiger partial charge is 0.302 e. The number of carbonyl (C=O) groups is 1. The maximum absolute atomic E-state index is 12.7. The Balaban J connectivity index is 2.32. The van der Waals surface area contributed by atoms with E-state index in [9.17, 15) is 17.1 Å². The number of hydrogen-bond donors (Lipinski definition) is 0. The van der Waals surface area contributed by atoms with Gasteiger partial charge in [0.2, 0.25) is 5.91 Å². The van der Waals surface area contributed by atoms with Crippen LogP contribution >= 0.6 is 23.2 Å². The first-order valence-corrected chi connectivity index (χ1v) is 8.14. The van der Waals surface area contributed by atoms with E-state index in [-0.39, 0.29) is 34.3 Å². The van der Waals surface area contributed by atoms with Crippen molar-refractivity contribution in [1.29, 1.82) is 5.26 Å². The van der Waals surface area contributed by atoms with Crippen LogP contribution in [0.4, 0.5) is 9.57 Å². The summed E-state index contributed by atoms with van der Waals surface area (Å²) in [6.45, 7) is 0.00727. The van der Waals surface area contributed by atoms with Gasteiger partial charge in [-0.15, -0.1) is 3.89 Å². The van der Waals surface area contributed by atoms with E-state index in [4.69, 9.17) is 28.5 Å². The van der Waals surface area contributed by atoms with Crippen LogP contribution in [0.25, 0.3) is 0 Å². The zero-order valence-corrected chi connectivity index (χ0v) is 12.8. The van der Waals surface area contributed by atoms with Crippen molar-refractivity contribution >= 4 is 45.0 Å². The molecule has 1 aromatic rings. The van der Waals surface area contributed by atoms with Gasteiger partial charge < -0.3 is 4.90 Å². The van der Waals surface area contributed by atoms with Gasteiger partial charge >= 0.3 is 10.2 Å². The quantitative estimate of drug-likeness (QED) is 0.784. The topological polar surface area (TPSA) is 78.2 Å². The fourth-order valence-corrected chi connectivity index (χ4v) is 3.76. The molecule has 1 aliphatic rings. The van der Waals surface area contributed by atoms with Crippen molar-refractivity contribution in [1.82, 2.24) is 0 Å². The van der Waals surface area contributed by atoms with E-state index in [0.717, 1.165) is 0 Å². The Morgan fingerprint density at radius 1 is 1.38 bits per heavy atom. The summed E-state index contributed by atoms with van der Waals surface area (Å²) in [5.41, 5.74) is 0.448. The molecule has 0 bridgehead atoms. The second-order valence-electron chi connectivity index (χ2n) is 4.68. The number of anilines is 1. The first-order chi connectivity index (χ1) is 9.71. The predicted octanol–water partition coefficient (Wildman–Crippen LogP) is 2.52. The number of benzene rings is 1. The Morgan fingerprint density at radius 3 is 2.43 bits per heavy atom. The lowest BCUT2D eigenvalue weighted by Crippen LogP contribution is -2.26. The number of nitrogens with zero attached hydrogens (tertiary/aromatic N) is 2. The summed E-state index contributed by atoms with van der Waals surface area (Å²) in [5, 5.41) is 9.02. The van der Waals surface area contributed by atoms with E-state index in [1.54, 1.807) is 0 Å². The summed E-state index contributed by atoms with van der Waals surface area (Å²) in [6.07, 6.45) is -0.101. The minimum atomic E-state index is -4.66. The standard InChI is InChI=1S/C12H9Cl2FN2O3S/c13-9-1-7(4-16)2-10(14)12(9)17-5-8(3-11(17)18)6-21(15,19)20/h1-2,8H,3,5-6H2. The van der Waals surface area contributed by atoms with E-state index in [0.29, 0.717) is 0 Å². The Labute approximate surface area is 131 Å². The second-order valence-corrected chi connectivity index (χ2v) is 6.91. The second kappa shape index (κ2) is 5.79. The third kappa shape index (κ3) is 3.64. The molecule has 0 aliphatic carbocycles. The van der Waals surface area contributed by atoms with Gasteiger partial charge in [-0.05, 0) is 12.1 Å². The highest BCUT2D eigenvalue weighted by Gasteiger charge is 2.35. The Kier molecular flexibility index (Phi) is 4.42. The average molecular weight is 351 g/mol. The highest BCUT2D eigenvalue weighted by Crippen LogP contribution is 2.38. The van der Waals surface area contributed by atoms with E-state index >= 15 is 0 Å². The number of nitriles is 1. The van der Waals surface area contributed by atoms with Crippen LogP contribution in [0.15, 0.2) is 12.1 Å². The fraction of sp³-hybridized carbons (Fsp3) is 0.333. The number of carbonyl (C=O) groups excluding carboxylic acids is 1. The van der Waals surface area contributed by atoms with Gasteiger partial charge in [-0.2, -0.15) is 13.7 Å². The van der Waals surface area contributed by atoms with Crippen molar-refractivity contribution in [3.63, 3.8) is 0 Å². The predicted molar refractivity (Wildman–Crippen MR) is 76.5 cm³/mol. The average Bonchev–Trinajstić information content (AvgIpc) is 2.66. The zero-order valence-electron chi connectivity index (χ0n) is 10.5. The molecular formula is C12H9Cl2FN2O3S. The molecule has 1 heterocycles. The normalized spacial score (nSPS) is 18.9. The molecule has 9 heteroatoms.